The van der Waals surface area contributed by atoms with E-state index in [9.17, 15) is 9.59 Å². The number of carbonyl (C=O) groups is 2. The average Bonchev–Trinajstić information content (AvgIpc) is 3.70. The largest absolute Gasteiger partial charge is 0.493 e. The Bertz CT molecular complexity index is 1790. The first-order valence-corrected chi connectivity index (χ1v) is 22.0. The molecule has 2 aliphatic carbocycles. The summed E-state index contributed by atoms with van der Waals surface area (Å²) < 4.78 is 23.8. The maximum atomic E-state index is 14.5. The van der Waals surface area contributed by atoms with Crippen molar-refractivity contribution < 1.29 is 28.5 Å². The Kier molecular flexibility index (Phi) is 16.0. The highest BCUT2D eigenvalue weighted by molar-refractivity contribution is 6.42. The topological polar surface area (TPSA) is 77.5 Å². The number of halogens is 2. The smallest absolute Gasteiger partial charge is 0.318 e. The van der Waals surface area contributed by atoms with Gasteiger partial charge in [0.15, 0.2) is 11.5 Å². The minimum absolute atomic E-state index is 0.133. The molecule has 1 unspecified atom stereocenters. The number of rotatable bonds is 18. The number of nitrogens with zero attached hydrogens (tertiary/aromatic N) is 2. The molecule has 3 aromatic carbocycles. The van der Waals surface area contributed by atoms with Crippen molar-refractivity contribution in [3.8, 4) is 11.5 Å². The molecule has 2 fully saturated rings. The van der Waals surface area contributed by atoms with Crippen molar-refractivity contribution in [2.24, 2.45) is 5.92 Å². The Morgan fingerprint density at radius 1 is 0.842 bits per heavy atom. The van der Waals surface area contributed by atoms with E-state index in [2.05, 4.69) is 36.1 Å². The second-order valence-corrected chi connectivity index (χ2v) is 17.0. The first kappa shape index (κ1) is 43.3. The van der Waals surface area contributed by atoms with Crippen LogP contribution >= 0.6 is 23.2 Å². The van der Waals surface area contributed by atoms with Gasteiger partial charge in [-0.2, -0.15) is 0 Å². The molecule has 310 valence electrons. The van der Waals surface area contributed by atoms with Crippen LogP contribution in [0.15, 0.2) is 60.7 Å². The highest BCUT2D eigenvalue weighted by Crippen LogP contribution is 2.45. The zero-order chi connectivity index (χ0) is 40.3. The predicted molar refractivity (Wildman–Crippen MR) is 228 cm³/mol. The zero-order valence-electron chi connectivity index (χ0n) is 34.4. The van der Waals surface area contributed by atoms with Crippen molar-refractivity contribution in [1.82, 2.24) is 9.80 Å². The molecular weight excluding hydrogens is 759 g/mol. The number of unbranched alkanes of at least 4 members (excludes halogenated alkanes) is 4. The Morgan fingerprint density at radius 2 is 1.61 bits per heavy atom. The van der Waals surface area contributed by atoms with E-state index in [0.29, 0.717) is 29.6 Å². The van der Waals surface area contributed by atoms with Crippen molar-refractivity contribution in [2.75, 3.05) is 41.0 Å². The van der Waals surface area contributed by atoms with Gasteiger partial charge in [-0.15, -0.1) is 0 Å². The van der Waals surface area contributed by atoms with Gasteiger partial charge >= 0.3 is 5.97 Å². The average molecular weight is 822 g/mol. The van der Waals surface area contributed by atoms with E-state index in [0.717, 1.165) is 112 Å². The van der Waals surface area contributed by atoms with Crippen molar-refractivity contribution in [2.45, 2.75) is 127 Å². The van der Waals surface area contributed by atoms with Crippen molar-refractivity contribution in [3.05, 3.63) is 93.0 Å². The summed E-state index contributed by atoms with van der Waals surface area (Å²) in [6.07, 6.45) is 13.2. The number of ether oxygens (including phenoxy) is 4. The first-order chi connectivity index (χ1) is 27.7. The monoisotopic (exact) mass is 820 g/mol. The van der Waals surface area contributed by atoms with Gasteiger partial charge in [-0.05, 0) is 91.5 Å². The lowest BCUT2D eigenvalue weighted by Gasteiger charge is -2.38. The van der Waals surface area contributed by atoms with Gasteiger partial charge in [0.2, 0.25) is 5.91 Å². The minimum Gasteiger partial charge on any atom is -0.493 e. The minimum atomic E-state index is -0.826. The molecule has 57 heavy (non-hydrogen) atoms. The van der Waals surface area contributed by atoms with Crippen LogP contribution in [0.3, 0.4) is 0 Å². The van der Waals surface area contributed by atoms with Gasteiger partial charge in [0.05, 0.1) is 43.0 Å². The Balaban J connectivity index is 1.09. The maximum absolute atomic E-state index is 14.5. The summed E-state index contributed by atoms with van der Waals surface area (Å²) >= 11 is 12.7. The molecule has 1 saturated heterocycles. The third-order valence-corrected chi connectivity index (χ3v) is 13.3. The summed E-state index contributed by atoms with van der Waals surface area (Å²) in [5.41, 5.74) is 4.56. The number of fused-ring (bicyclic) bond motifs is 1. The number of hydrogen-bond donors (Lipinski definition) is 0. The molecule has 1 amide bonds. The summed E-state index contributed by atoms with van der Waals surface area (Å²) in [5, 5.41) is 1.08. The lowest BCUT2D eigenvalue weighted by atomic mass is 9.76. The number of carbonyl (C=O) groups excluding carboxylic acids is 2. The van der Waals surface area contributed by atoms with Crippen LogP contribution in [0.25, 0.3) is 0 Å². The quantitative estimate of drug-likeness (QED) is 0.0718. The van der Waals surface area contributed by atoms with Crippen LogP contribution in [-0.4, -0.2) is 80.9 Å². The second kappa shape index (κ2) is 21.1. The fourth-order valence-electron chi connectivity index (χ4n) is 9.39. The fourth-order valence-corrected chi connectivity index (χ4v) is 9.70. The molecule has 6 atom stereocenters. The van der Waals surface area contributed by atoms with Crippen LogP contribution in [-0.2, 0) is 25.5 Å². The van der Waals surface area contributed by atoms with Gasteiger partial charge in [-0.25, -0.2) is 0 Å². The standard InChI is InChI=1S/C47H62Cl2N2O6/c1-5-6-7-8-9-16-38(46(52)50(2)41-23-21-35(36-14-10-11-15-37(36)41)33-20-22-39(48)40(49)30-33)47(53)57-34-25-27-51(31-34)42-17-12-13-18-43(42)56-28-26-32-19-24-44(54-3)45(29-32)55-4/h10-11,14-15,19-20,22,24,29-30,34-35,38,41-43H,5-9,12-13,16-18,21,23,25-28,31H2,1-4H3/t34-,35+,38?,41+,42-,43-/m1/s1. The number of hydrogen-bond acceptors (Lipinski definition) is 7. The molecule has 0 bridgehead atoms. The third-order valence-electron chi connectivity index (χ3n) is 12.6. The summed E-state index contributed by atoms with van der Waals surface area (Å²) in [6.45, 7) is 4.34. The summed E-state index contributed by atoms with van der Waals surface area (Å²) in [5.74, 6) is 0.245. The van der Waals surface area contributed by atoms with Crippen molar-refractivity contribution >= 4 is 35.1 Å². The van der Waals surface area contributed by atoms with Crippen molar-refractivity contribution in [1.29, 1.82) is 0 Å². The van der Waals surface area contributed by atoms with Gasteiger partial charge < -0.3 is 23.8 Å². The predicted octanol–water partition coefficient (Wildman–Crippen LogP) is 10.6. The molecule has 3 aliphatic rings. The van der Waals surface area contributed by atoms with E-state index in [1.54, 1.807) is 14.2 Å². The van der Waals surface area contributed by atoms with Crippen LogP contribution in [0.4, 0.5) is 0 Å². The second-order valence-electron chi connectivity index (χ2n) is 16.2. The van der Waals surface area contributed by atoms with E-state index in [4.69, 9.17) is 42.1 Å². The van der Waals surface area contributed by atoms with Crippen LogP contribution in [0.1, 0.15) is 125 Å². The number of benzene rings is 3. The Hall–Kier alpha value is -3.30. The molecule has 1 aliphatic heterocycles. The zero-order valence-corrected chi connectivity index (χ0v) is 35.9. The molecule has 3 aromatic rings. The molecule has 6 rings (SSSR count). The van der Waals surface area contributed by atoms with Gasteiger partial charge in [0.1, 0.15) is 12.0 Å². The maximum Gasteiger partial charge on any atom is 0.318 e. The molecule has 0 spiro atoms. The number of esters is 1. The van der Waals surface area contributed by atoms with E-state index >= 15 is 0 Å². The molecular formula is C47H62Cl2N2O6. The summed E-state index contributed by atoms with van der Waals surface area (Å²) in [4.78, 5) is 32.9. The van der Waals surface area contributed by atoms with Crippen LogP contribution in [0.2, 0.25) is 10.0 Å². The molecule has 0 aromatic heterocycles. The van der Waals surface area contributed by atoms with E-state index in [1.807, 2.05) is 48.3 Å². The number of amides is 1. The van der Waals surface area contributed by atoms with E-state index < -0.39 is 5.92 Å². The molecule has 0 radical (unpaired) electrons. The third kappa shape index (κ3) is 10.9. The highest BCUT2D eigenvalue weighted by Gasteiger charge is 2.40. The van der Waals surface area contributed by atoms with Crippen molar-refractivity contribution in [3.63, 3.8) is 0 Å². The number of methoxy groups -OCH3 is 2. The number of likely N-dealkylation sites (tertiary alicyclic amines) is 1. The lowest BCUT2D eigenvalue weighted by Crippen LogP contribution is -2.46. The van der Waals surface area contributed by atoms with E-state index in [-0.39, 0.29) is 42.1 Å². The van der Waals surface area contributed by atoms with E-state index in [1.165, 1.54) is 12.0 Å². The Labute approximate surface area is 350 Å². The summed E-state index contributed by atoms with van der Waals surface area (Å²) in [6, 6.07) is 20.4. The molecule has 10 heteroatoms. The molecule has 0 N–H and O–H groups in total. The van der Waals surface area contributed by atoms with Gasteiger partial charge in [0.25, 0.3) is 0 Å². The fraction of sp³-hybridized carbons (Fsp3) is 0.574. The molecule has 1 heterocycles. The van der Waals surface area contributed by atoms with Crippen LogP contribution in [0, 0.1) is 5.92 Å². The first-order valence-electron chi connectivity index (χ1n) is 21.3. The highest BCUT2D eigenvalue weighted by atomic mass is 35.5. The van der Waals surface area contributed by atoms with Crippen LogP contribution in [0.5, 0.6) is 11.5 Å². The lowest BCUT2D eigenvalue weighted by molar-refractivity contribution is -0.160. The molecule has 1 saturated carbocycles. The van der Waals surface area contributed by atoms with Gasteiger partial charge in [-0.1, -0.05) is 111 Å². The van der Waals surface area contributed by atoms with Crippen LogP contribution < -0.4 is 9.47 Å². The van der Waals surface area contributed by atoms with Gasteiger partial charge in [-0.3, -0.25) is 14.5 Å². The Morgan fingerprint density at radius 3 is 2.39 bits per heavy atom. The normalized spacial score (nSPS) is 22.7. The van der Waals surface area contributed by atoms with Gasteiger partial charge in [0, 0.05) is 32.1 Å². The molecule has 8 nitrogen and oxygen atoms in total. The SMILES string of the molecule is CCCCCCCC(C(=O)O[C@@H]1CCN([C@@H]2CCCC[C@H]2OCCc2ccc(OC)c(OC)c2)C1)C(=O)N(C)[C@H]1CC[C@@H](c2ccc(Cl)c(Cl)c2)c2ccccc21. The summed E-state index contributed by atoms with van der Waals surface area (Å²) in [7, 11) is 5.17.